The van der Waals surface area contributed by atoms with Crippen LogP contribution in [0.1, 0.15) is 40.5 Å². The molecule has 10 nitrogen and oxygen atoms in total. The average Bonchev–Trinajstić information content (AvgIpc) is 2.88. The minimum Gasteiger partial charge on any atom is -0.467 e. The second-order valence-electron chi connectivity index (χ2n) is 6.58. The number of hydrogen-bond acceptors (Lipinski definition) is 7. The second kappa shape index (κ2) is 9.16. The zero-order valence-electron chi connectivity index (χ0n) is 15.5. The summed E-state index contributed by atoms with van der Waals surface area (Å²) in [5.41, 5.74) is 0. The third-order valence-corrected chi connectivity index (χ3v) is 3.80. The minimum atomic E-state index is -1.12. The SMILES string of the molecule is COC(=O)C(NC(=O)NC(C(=O)ON1C(=O)CCC1=O)C(C)C)C(C)C. The fourth-order valence-corrected chi connectivity index (χ4v) is 2.25. The predicted molar refractivity (Wildman–Crippen MR) is 88.1 cm³/mol. The lowest BCUT2D eigenvalue weighted by Gasteiger charge is -2.25. The van der Waals surface area contributed by atoms with Gasteiger partial charge in [-0.25, -0.2) is 14.4 Å². The Labute approximate surface area is 151 Å². The van der Waals surface area contributed by atoms with Gasteiger partial charge in [0.1, 0.15) is 12.1 Å². The highest BCUT2D eigenvalue weighted by Crippen LogP contribution is 2.14. The summed E-state index contributed by atoms with van der Waals surface area (Å²) in [4.78, 5) is 64.1. The van der Waals surface area contributed by atoms with Crippen LogP contribution < -0.4 is 10.6 Å². The average molecular weight is 371 g/mol. The first-order chi connectivity index (χ1) is 12.1. The lowest BCUT2D eigenvalue weighted by Crippen LogP contribution is -2.55. The monoisotopic (exact) mass is 371 g/mol. The minimum absolute atomic E-state index is 0.0262. The van der Waals surface area contributed by atoms with Crippen molar-refractivity contribution < 1.29 is 33.5 Å². The summed E-state index contributed by atoms with van der Waals surface area (Å²) in [6.07, 6.45) is -0.0524. The van der Waals surface area contributed by atoms with E-state index in [-0.39, 0.29) is 18.8 Å². The number of esters is 1. The van der Waals surface area contributed by atoms with E-state index in [0.29, 0.717) is 5.06 Å². The van der Waals surface area contributed by atoms with Crippen molar-refractivity contribution in [2.75, 3.05) is 7.11 Å². The van der Waals surface area contributed by atoms with Crippen molar-refractivity contribution >= 4 is 29.8 Å². The number of rotatable bonds is 7. The van der Waals surface area contributed by atoms with Crippen molar-refractivity contribution in [2.24, 2.45) is 11.8 Å². The van der Waals surface area contributed by atoms with E-state index in [2.05, 4.69) is 15.4 Å². The standard InChI is InChI=1S/C16H25N3O7/c1-8(2)12(14(22)25-5)17-16(24)18-13(9(3)4)15(23)26-19-10(20)6-7-11(19)21/h8-9,12-13H,6-7H2,1-5H3,(H2,17,18,24). The van der Waals surface area contributed by atoms with Crippen LogP contribution in [0.5, 0.6) is 0 Å². The summed E-state index contributed by atoms with van der Waals surface area (Å²) in [6.45, 7) is 6.75. The van der Waals surface area contributed by atoms with Crippen LogP contribution in [0.15, 0.2) is 0 Å². The van der Waals surface area contributed by atoms with Crippen molar-refractivity contribution in [1.29, 1.82) is 0 Å². The van der Waals surface area contributed by atoms with Gasteiger partial charge in [-0.2, -0.15) is 0 Å². The third-order valence-electron chi connectivity index (χ3n) is 3.80. The molecule has 0 saturated carbocycles. The highest BCUT2D eigenvalue weighted by molar-refractivity contribution is 6.02. The van der Waals surface area contributed by atoms with Crippen LogP contribution in [-0.4, -0.2) is 54.0 Å². The molecule has 1 fully saturated rings. The number of methoxy groups -OCH3 is 1. The summed E-state index contributed by atoms with van der Waals surface area (Å²) in [5.74, 6) is -3.42. The molecule has 1 rings (SSSR count). The molecular formula is C16H25N3O7. The lowest BCUT2D eigenvalue weighted by atomic mass is 10.0. The largest absolute Gasteiger partial charge is 0.467 e. The number of amides is 4. The maximum atomic E-state index is 12.3. The predicted octanol–water partition coefficient (Wildman–Crippen LogP) is 0.115. The van der Waals surface area contributed by atoms with E-state index in [4.69, 9.17) is 4.84 Å². The van der Waals surface area contributed by atoms with Crippen molar-refractivity contribution in [2.45, 2.75) is 52.6 Å². The Kier molecular flexibility index (Phi) is 7.54. The number of nitrogens with one attached hydrogen (secondary N) is 2. The molecular weight excluding hydrogens is 346 g/mol. The molecule has 0 radical (unpaired) electrons. The second-order valence-corrected chi connectivity index (χ2v) is 6.58. The Morgan fingerprint density at radius 3 is 1.69 bits per heavy atom. The molecule has 2 atom stereocenters. The van der Waals surface area contributed by atoms with Gasteiger partial charge in [-0.05, 0) is 11.8 Å². The van der Waals surface area contributed by atoms with Gasteiger partial charge in [0, 0.05) is 12.8 Å². The molecule has 0 aromatic carbocycles. The Balaban J connectivity index is 2.76. The van der Waals surface area contributed by atoms with Crippen molar-refractivity contribution in [3.05, 3.63) is 0 Å². The molecule has 0 bridgehead atoms. The maximum absolute atomic E-state index is 12.3. The number of hydrogen-bond donors (Lipinski definition) is 2. The van der Waals surface area contributed by atoms with E-state index in [9.17, 15) is 24.0 Å². The first-order valence-electron chi connectivity index (χ1n) is 8.30. The maximum Gasteiger partial charge on any atom is 0.355 e. The highest BCUT2D eigenvalue weighted by Gasteiger charge is 2.36. The van der Waals surface area contributed by atoms with Gasteiger partial charge in [-0.15, -0.1) is 5.06 Å². The molecule has 2 N–H and O–H groups in total. The van der Waals surface area contributed by atoms with E-state index in [1.165, 1.54) is 7.11 Å². The molecule has 10 heteroatoms. The molecule has 0 aliphatic carbocycles. The lowest BCUT2D eigenvalue weighted by molar-refractivity contribution is -0.199. The molecule has 26 heavy (non-hydrogen) atoms. The smallest absolute Gasteiger partial charge is 0.355 e. The van der Waals surface area contributed by atoms with E-state index >= 15 is 0 Å². The first kappa shape index (κ1) is 21.4. The van der Waals surface area contributed by atoms with Gasteiger partial charge in [0.05, 0.1) is 7.11 Å². The molecule has 4 amide bonds. The Bertz CT molecular complexity index is 572. The van der Waals surface area contributed by atoms with E-state index in [0.717, 1.165) is 0 Å². The normalized spacial score (nSPS) is 16.5. The summed E-state index contributed by atoms with van der Waals surface area (Å²) >= 11 is 0. The number of nitrogens with zero attached hydrogens (tertiary/aromatic N) is 1. The van der Waals surface area contributed by atoms with Gasteiger partial charge in [0.2, 0.25) is 0 Å². The van der Waals surface area contributed by atoms with Gasteiger partial charge in [-0.1, -0.05) is 27.7 Å². The number of hydroxylamine groups is 2. The van der Waals surface area contributed by atoms with Gasteiger partial charge in [0.25, 0.3) is 11.8 Å². The Hall–Kier alpha value is -2.65. The molecule has 146 valence electrons. The van der Waals surface area contributed by atoms with E-state index in [1.54, 1.807) is 27.7 Å². The molecule has 0 aromatic rings. The van der Waals surface area contributed by atoms with Gasteiger partial charge in [-0.3, -0.25) is 9.59 Å². The van der Waals surface area contributed by atoms with Gasteiger partial charge < -0.3 is 20.2 Å². The van der Waals surface area contributed by atoms with Crippen molar-refractivity contribution in [1.82, 2.24) is 15.7 Å². The topological polar surface area (TPSA) is 131 Å². The third kappa shape index (κ3) is 5.43. The van der Waals surface area contributed by atoms with E-state index < -0.39 is 47.8 Å². The van der Waals surface area contributed by atoms with Crippen LogP contribution >= 0.6 is 0 Å². The quantitative estimate of drug-likeness (QED) is 0.480. The fourth-order valence-electron chi connectivity index (χ4n) is 2.25. The summed E-state index contributed by atoms with van der Waals surface area (Å²) in [5, 5.41) is 5.26. The Morgan fingerprint density at radius 1 is 0.885 bits per heavy atom. The number of imide groups is 1. The number of carbonyl (C=O) groups is 5. The zero-order valence-corrected chi connectivity index (χ0v) is 15.5. The van der Waals surface area contributed by atoms with Crippen molar-refractivity contribution in [3.63, 3.8) is 0 Å². The van der Waals surface area contributed by atoms with Crippen LogP contribution in [0.3, 0.4) is 0 Å². The molecule has 1 heterocycles. The first-order valence-corrected chi connectivity index (χ1v) is 8.30. The van der Waals surface area contributed by atoms with Crippen LogP contribution in [0.4, 0.5) is 4.79 Å². The summed E-state index contributed by atoms with van der Waals surface area (Å²) < 4.78 is 4.63. The molecule has 0 spiro atoms. The Morgan fingerprint density at radius 2 is 1.31 bits per heavy atom. The highest BCUT2D eigenvalue weighted by atomic mass is 16.7. The molecule has 1 aliphatic rings. The zero-order chi connectivity index (χ0) is 20.0. The van der Waals surface area contributed by atoms with E-state index in [1.807, 2.05) is 0 Å². The van der Waals surface area contributed by atoms with Crippen molar-refractivity contribution in [3.8, 4) is 0 Å². The van der Waals surface area contributed by atoms with Crippen LogP contribution in [0.2, 0.25) is 0 Å². The molecule has 2 unspecified atom stereocenters. The number of carbonyl (C=O) groups excluding carboxylic acids is 5. The van der Waals surface area contributed by atoms with Gasteiger partial charge >= 0.3 is 18.0 Å². The van der Waals surface area contributed by atoms with Crippen LogP contribution in [0, 0.1) is 11.8 Å². The molecule has 1 aliphatic heterocycles. The number of urea groups is 1. The van der Waals surface area contributed by atoms with Crippen LogP contribution in [-0.2, 0) is 28.8 Å². The summed E-state index contributed by atoms with van der Waals surface area (Å²) in [6, 6.07) is -2.80. The molecule has 1 saturated heterocycles. The van der Waals surface area contributed by atoms with Gasteiger partial charge in [0.15, 0.2) is 0 Å². The molecule has 0 aromatic heterocycles. The number of ether oxygens (including phenoxy) is 1. The summed E-state index contributed by atoms with van der Waals surface area (Å²) in [7, 11) is 1.20. The fraction of sp³-hybridized carbons (Fsp3) is 0.688. The van der Waals surface area contributed by atoms with Crippen LogP contribution in [0.25, 0.3) is 0 Å².